The molecule has 1 amide bonds. The Labute approximate surface area is 218 Å². The Hall–Kier alpha value is -4.07. The molecule has 0 bridgehead atoms. The van der Waals surface area contributed by atoms with Crippen LogP contribution in [0.2, 0.25) is 0 Å². The third kappa shape index (κ3) is 7.96. The van der Waals surface area contributed by atoms with Crippen LogP contribution in [0.1, 0.15) is 67.3 Å². The highest BCUT2D eigenvalue weighted by Crippen LogP contribution is 2.33. The second-order valence-electron chi connectivity index (χ2n) is 9.00. The van der Waals surface area contributed by atoms with Crippen LogP contribution in [0.3, 0.4) is 0 Å². The summed E-state index contributed by atoms with van der Waals surface area (Å²) in [4.78, 5) is 23.3. The van der Waals surface area contributed by atoms with Crippen molar-refractivity contribution in [1.29, 1.82) is 0 Å². The lowest BCUT2D eigenvalue weighted by Crippen LogP contribution is -2.28. The van der Waals surface area contributed by atoms with Gasteiger partial charge in [-0.2, -0.15) is 0 Å². The van der Waals surface area contributed by atoms with Gasteiger partial charge in [0.25, 0.3) is 5.91 Å². The zero-order chi connectivity index (χ0) is 26.6. The summed E-state index contributed by atoms with van der Waals surface area (Å²) in [6.07, 6.45) is 3.61. The van der Waals surface area contributed by atoms with Crippen LogP contribution in [0, 0.1) is 4.91 Å². The molecule has 3 rings (SSSR count). The van der Waals surface area contributed by atoms with Crippen molar-refractivity contribution in [3.05, 3.63) is 93.9 Å². The molecule has 0 radical (unpaired) electrons. The summed E-state index contributed by atoms with van der Waals surface area (Å²) in [5.41, 5.74) is 6.26. The highest BCUT2D eigenvalue weighted by Gasteiger charge is 2.19. The van der Waals surface area contributed by atoms with E-state index >= 15 is 0 Å². The summed E-state index contributed by atoms with van der Waals surface area (Å²) in [6.45, 7) is 4.77. The number of amides is 1. The molecule has 0 heterocycles. The fraction of sp³-hybridized carbons (Fsp3) is 0.345. The van der Waals surface area contributed by atoms with Crippen LogP contribution in [-0.4, -0.2) is 24.7 Å². The number of carbonyl (C=O) groups is 1. The molecule has 8 heteroatoms. The number of phenols is 1. The smallest absolute Gasteiger partial charge is 0.258 e. The lowest BCUT2D eigenvalue weighted by Gasteiger charge is -2.19. The summed E-state index contributed by atoms with van der Waals surface area (Å²) in [6, 6.07) is 19.4. The summed E-state index contributed by atoms with van der Waals surface area (Å²) < 4.78 is 11.0. The molecule has 196 valence electrons. The average molecular weight is 506 g/mol. The second-order valence-corrected chi connectivity index (χ2v) is 9.00. The van der Waals surface area contributed by atoms with Crippen molar-refractivity contribution in [3.63, 3.8) is 0 Å². The number of hydrogen-bond donors (Lipinski definition) is 3. The number of hydrogen-bond acceptors (Lipinski definition) is 6. The molecule has 0 aliphatic carbocycles. The summed E-state index contributed by atoms with van der Waals surface area (Å²) in [5.74, 6) is 1.29. The van der Waals surface area contributed by atoms with E-state index in [1.807, 2.05) is 0 Å². The number of unbranched alkanes of at least 4 members (excludes halogenated alkanes) is 1. The maximum atomic E-state index is 12.3. The number of benzene rings is 3. The minimum atomic E-state index is -0.591. The minimum absolute atomic E-state index is 0.0504. The van der Waals surface area contributed by atoms with Crippen LogP contribution in [-0.2, 0) is 11.3 Å². The van der Waals surface area contributed by atoms with Crippen molar-refractivity contribution in [3.8, 4) is 17.2 Å². The van der Waals surface area contributed by atoms with Gasteiger partial charge in [0.05, 0.1) is 12.4 Å². The van der Waals surface area contributed by atoms with Crippen molar-refractivity contribution >= 4 is 5.91 Å². The highest BCUT2D eigenvalue weighted by atomic mass is 16.5. The zero-order valence-corrected chi connectivity index (χ0v) is 21.6. The standard InChI is InChI=1S/C29H35N3O5/c1-4-5-6-20(2)22-9-7-21(8-10-22)18-30-28(34)19-37-25-14-11-23(12-15-25)29(31-32-35)26-16-13-24(33)17-27(26)36-3/h7-17,20,29,33H,4-6,18-19H2,1-3H3,(H,30,34)(H,31,35). The Kier molecular flexibility index (Phi) is 10.3. The SMILES string of the molecule is CCCCC(C)c1ccc(CNC(=O)COc2ccc(C(NN=O)c3ccc(O)cc3OC)cc2)cc1. The van der Waals surface area contributed by atoms with Crippen molar-refractivity contribution < 1.29 is 19.4 Å². The summed E-state index contributed by atoms with van der Waals surface area (Å²) >= 11 is 0. The topological polar surface area (TPSA) is 109 Å². The third-order valence-corrected chi connectivity index (χ3v) is 6.32. The van der Waals surface area contributed by atoms with Crippen molar-refractivity contribution in [2.75, 3.05) is 13.7 Å². The number of methoxy groups -OCH3 is 1. The van der Waals surface area contributed by atoms with E-state index in [0.29, 0.717) is 29.5 Å². The molecule has 3 aromatic rings. The first-order chi connectivity index (χ1) is 17.9. The first-order valence-corrected chi connectivity index (χ1v) is 12.5. The predicted octanol–water partition coefficient (Wildman–Crippen LogP) is 5.75. The maximum absolute atomic E-state index is 12.3. The first kappa shape index (κ1) is 27.5. The van der Waals surface area contributed by atoms with Crippen LogP contribution in [0.4, 0.5) is 0 Å². The lowest BCUT2D eigenvalue weighted by atomic mass is 9.95. The van der Waals surface area contributed by atoms with Gasteiger partial charge in [0.1, 0.15) is 23.3 Å². The molecule has 8 nitrogen and oxygen atoms in total. The van der Waals surface area contributed by atoms with E-state index in [4.69, 9.17) is 9.47 Å². The molecule has 0 aliphatic heterocycles. The van der Waals surface area contributed by atoms with Gasteiger partial charge in [-0.3, -0.25) is 10.2 Å². The van der Waals surface area contributed by atoms with Crippen LogP contribution in [0.25, 0.3) is 0 Å². The van der Waals surface area contributed by atoms with Gasteiger partial charge in [-0.25, -0.2) is 0 Å². The van der Waals surface area contributed by atoms with Crippen molar-refractivity contribution in [2.45, 2.75) is 51.6 Å². The van der Waals surface area contributed by atoms with Crippen LogP contribution in [0.5, 0.6) is 17.2 Å². The molecule has 37 heavy (non-hydrogen) atoms. The van der Waals surface area contributed by atoms with Gasteiger partial charge in [0, 0.05) is 18.2 Å². The van der Waals surface area contributed by atoms with Gasteiger partial charge in [0.2, 0.25) is 0 Å². The Morgan fingerprint density at radius 3 is 2.38 bits per heavy atom. The number of nitrogens with zero attached hydrogens (tertiary/aromatic N) is 1. The molecule has 3 aromatic carbocycles. The molecule has 0 saturated carbocycles. The van der Waals surface area contributed by atoms with Crippen LogP contribution in [0.15, 0.2) is 72.0 Å². The Balaban J connectivity index is 1.53. The lowest BCUT2D eigenvalue weighted by molar-refractivity contribution is -0.123. The van der Waals surface area contributed by atoms with Gasteiger partial charge >= 0.3 is 0 Å². The molecule has 0 fully saturated rings. The minimum Gasteiger partial charge on any atom is -0.508 e. The van der Waals surface area contributed by atoms with E-state index in [-0.39, 0.29) is 18.3 Å². The Bertz CT molecular complexity index is 1150. The van der Waals surface area contributed by atoms with Crippen LogP contribution < -0.4 is 20.2 Å². The molecular formula is C29H35N3O5. The van der Waals surface area contributed by atoms with Crippen molar-refractivity contribution in [1.82, 2.24) is 10.7 Å². The van der Waals surface area contributed by atoms with E-state index in [9.17, 15) is 14.8 Å². The number of carbonyl (C=O) groups excluding carboxylic acids is 1. The Morgan fingerprint density at radius 2 is 1.73 bits per heavy atom. The molecule has 0 aromatic heterocycles. The van der Waals surface area contributed by atoms with Crippen molar-refractivity contribution in [2.24, 2.45) is 5.29 Å². The van der Waals surface area contributed by atoms with Gasteiger partial charge in [-0.05, 0) is 53.3 Å². The number of nitroso groups, excluding NO2 is 1. The number of nitrogens with one attached hydrogen (secondary N) is 2. The Morgan fingerprint density at radius 1 is 1.03 bits per heavy atom. The van der Waals surface area contributed by atoms with E-state index in [2.05, 4.69) is 54.1 Å². The fourth-order valence-electron chi connectivity index (χ4n) is 4.11. The monoisotopic (exact) mass is 505 g/mol. The highest BCUT2D eigenvalue weighted by molar-refractivity contribution is 5.77. The summed E-state index contributed by atoms with van der Waals surface area (Å²) in [5, 5.41) is 15.4. The van der Waals surface area contributed by atoms with Gasteiger partial charge in [-0.15, -0.1) is 4.91 Å². The number of phenolic OH excluding ortho intramolecular Hbond substituents is 1. The fourth-order valence-corrected chi connectivity index (χ4v) is 4.11. The molecular weight excluding hydrogens is 470 g/mol. The normalized spacial score (nSPS) is 12.3. The van der Waals surface area contributed by atoms with E-state index in [1.165, 1.54) is 44.1 Å². The molecule has 0 spiro atoms. The van der Waals surface area contributed by atoms with E-state index in [0.717, 1.165) is 11.1 Å². The number of ether oxygens (including phenoxy) is 2. The number of rotatable bonds is 14. The molecule has 2 atom stereocenters. The van der Waals surface area contributed by atoms with Crippen LogP contribution >= 0.6 is 0 Å². The second kappa shape index (κ2) is 13.9. The molecule has 2 unspecified atom stereocenters. The molecule has 0 aliphatic rings. The predicted molar refractivity (Wildman–Crippen MR) is 144 cm³/mol. The molecule has 3 N–H and O–H groups in total. The summed E-state index contributed by atoms with van der Waals surface area (Å²) in [7, 11) is 1.48. The van der Waals surface area contributed by atoms with E-state index in [1.54, 1.807) is 30.3 Å². The third-order valence-electron chi connectivity index (χ3n) is 6.32. The quantitative estimate of drug-likeness (QED) is 0.190. The number of aromatic hydroxyl groups is 1. The first-order valence-electron chi connectivity index (χ1n) is 12.5. The van der Waals surface area contributed by atoms with Gasteiger partial charge in [0.15, 0.2) is 6.61 Å². The van der Waals surface area contributed by atoms with E-state index < -0.39 is 6.04 Å². The van der Waals surface area contributed by atoms with Gasteiger partial charge in [-0.1, -0.05) is 63.1 Å². The molecule has 0 saturated heterocycles. The van der Waals surface area contributed by atoms with Gasteiger partial charge < -0.3 is 19.9 Å². The maximum Gasteiger partial charge on any atom is 0.258 e. The largest absolute Gasteiger partial charge is 0.508 e. The average Bonchev–Trinajstić information content (AvgIpc) is 2.93. The zero-order valence-electron chi connectivity index (χ0n) is 21.6.